The normalized spacial score (nSPS) is 16.3. The number of nitrogens with one attached hydrogen (secondary N) is 1. The number of nitrogens with zero attached hydrogens (tertiary/aromatic N) is 2. The number of benzene rings is 2. The van der Waals surface area contributed by atoms with E-state index < -0.39 is 10.0 Å². The fraction of sp³-hybridized carbons (Fsp3) is 0.294. The highest BCUT2D eigenvalue weighted by atomic mass is 32.2. The molecule has 4 rings (SSSR count). The summed E-state index contributed by atoms with van der Waals surface area (Å²) in [6, 6.07) is 8.41. The molecule has 0 fully saturated rings. The van der Waals surface area contributed by atoms with E-state index in [-0.39, 0.29) is 11.0 Å². The molecule has 0 bridgehead atoms. The highest BCUT2D eigenvalue weighted by Crippen LogP contribution is 2.39. The van der Waals surface area contributed by atoms with Crippen LogP contribution >= 0.6 is 11.7 Å². The molecule has 1 aromatic heterocycles. The van der Waals surface area contributed by atoms with Gasteiger partial charge in [0.1, 0.15) is 33.5 Å². The van der Waals surface area contributed by atoms with Crippen LogP contribution in [0.3, 0.4) is 0 Å². The van der Waals surface area contributed by atoms with Crippen LogP contribution in [0.2, 0.25) is 0 Å². The molecule has 0 amide bonds. The number of anilines is 1. The lowest BCUT2D eigenvalue weighted by Crippen LogP contribution is -2.14. The quantitative estimate of drug-likeness (QED) is 0.718. The first-order chi connectivity index (χ1) is 12.5. The molecule has 9 heteroatoms. The monoisotopic (exact) mass is 391 g/mol. The molecule has 136 valence electrons. The van der Waals surface area contributed by atoms with Crippen molar-refractivity contribution in [3.63, 3.8) is 0 Å². The van der Waals surface area contributed by atoms with Gasteiger partial charge >= 0.3 is 0 Å². The van der Waals surface area contributed by atoms with Crippen molar-refractivity contribution in [2.75, 3.05) is 11.3 Å². The van der Waals surface area contributed by atoms with Gasteiger partial charge in [0.15, 0.2) is 0 Å². The Labute approximate surface area is 155 Å². The van der Waals surface area contributed by atoms with E-state index in [1.54, 1.807) is 18.2 Å². The van der Waals surface area contributed by atoms with E-state index in [1.165, 1.54) is 6.07 Å². The minimum absolute atomic E-state index is 0.0566. The van der Waals surface area contributed by atoms with Gasteiger partial charge < -0.3 is 9.47 Å². The summed E-state index contributed by atoms with van der Waals surface area (Å²) >= 11 is 0.980. The molecule has 1 atom stereocenters. The van der Waals surface area contributed by atoms with Crippen molar-refractivity contribution in [3.05, 3.63) is 35.9 Å². The van der Waals surface area contributed by atoms with Crippen molar-refractivity contribution in [1.29, 1.82) is 0 Å². The topological polar surface area (TPSA) is 90.4 Å². The molecule has 0 saturated carbocycles. The Balaban J connectivity index is 1.76. The molecular weight excluding hydrogens is 374 g/mol. The number of fused-ring (bicyclic) bond motifs is 2. The highest BCUT2D eigenvalue weighted by Gasteiger charge is 2.25. The third-order valence-electron chi connectivity index (χ3n) is 4.08. The fourth-order valence-electron chi connectivity index (χ4n) is 2.99. The summed E-state index contributed by atoms with van der Waals surface area (Å²) < 4.78 is 48.1. The van der Waals surface area contributed by atoms with Gasteiger partial charge in [-0.2, -0.15) is 8.75 Å². The Morgan fingerprint density at radius 1 is 1.35 bits per heavy atom. The van der Waals surface area contributed by atoms with Gasteiger partial charge in [-0.25, -0.2) is 8.42 Å². The van der Waals surface area contributed by atoms with Gasteiger partial charge in [-0.3, -0.25) is 4.72 Å². The summed E-state index contributed by atoms with van der Waals surface area (Å²) in [6.07, 6.45) is 0.827. The summed E-state index contributed by atoms with van der Waals surface area (Å²) in [5.74, 6) is 1.16. The van der Waals surface area contributed by atoms with Crippen LogP contribution in [0.25, 0.3) is 11.0 Å². The van der Waals surface area contributed by atoms with Gasteiger partial charge in [0.25, 0.3) is 10.0 Å². The summed E-state index contributed by atoms with van der Waals surface area (Å²) in [5, 5.41) is 0. The van der Waals surface area contributed by atoms with E-state index in [1.807, 2.05) is 19.9 Å². The zero-order valence-electron chi connectivity index (χ0n) is 14.2. The van der Waals surface area contributed by atoms with Gasteiger partial charge in [0.05, 0.1) is 24.0 Å². The predicted molar refractivity (Wildman–Crippen MR) is 99.6 cm³/mol. The highest BCUT2D eigenvalue weighted by molar-refractivity contribution is 7.93. The van der Waals surface area contributed by atoms with Gasteiger partial charge in [-0.15, -0.1) is 0 Å². The summed E-state index contributed by atoms with van der Waals surface area (Å²) in [5.41, 5.74) is 2.26. The second-order valence-electron chi connectivity index (χ2n) is 6.02. The van der Waals surface area contributed by atoms with Gasteiger partial charge in [0, 0.05) is 18.1 Å². The standard InChI is InChI=1S/C17H17N3O4S2/c1-3-23-15-8-11-7-10(2)24-14(11)9-13(15)20-26(21,22)16-6-4-5-12-17(16)19-25-18-12/h4-6,8-10,20H,3,7H2,1-2H3/t10-/m1/s1. The van der Waals surface area contributed by atoms with Gasteiger partial charge in [-0.05, 0) is 32.0 Å². The lowest BCUT2D eigenvalue weighted by atomic mass is 10.1. The molecule has 1 N–H and O–H groups in total. The predicted octanol–water partition coefficient (Wildman–Crippen LogP) is 3.21. The van der Waals surface area contributed by atoms with Crippen LogP contribution in [0.15, 0.2) is 35.2 Å². The van der Waals surface area contributed by atoms with E-state index >= 15 is 0 Å². The van der Waals surface area contributed by atoms with Crippen LogP contribution < -0.4 is 14.2 Å². The minimum atomic E-state index is -3.86. The van der Waals surface area contributed by atoms with Crippen molar-refractivity contribution in [1.82, 2.24) is 8.75 Å². The first kappa shape index (κ1) is 17.0. The molecule has 0 spiro atoms. The molecule has 0 radical (unpaired) electrons. The first-order valence-corrected chi connectivity index (χ1v) is 10.4. The number of ether oxygens (including phenoxy) is 2. The van der Waals surface area contributed by atoms with E-state index in [0.29, 0.717) is 34.8 Å². The second kappa shape index (κ2) is 6.40. The molecule has 0 unspecified atom stereocenters. The number of aromatic nitrogens is 2. The van der Waals surface area contributed by atoms with Crippen LogP contribution in [0.5, 0.6) is 11.5 Å². The van der Waals surface area contributed by atoms with Crippen molar-refractivity contribution in [2.24, 2.45) is 0 Å². The minimum Gasteiger partial charge on any atom is -0.492 e. The Hall–Kier alpha value is -2.39. The van der Waals surface area contributed by atoms with Crippen molar-refractivity contribution < 1.29 is 17.9 Å². The van der Waals surface area contributed by atoms with E-state index in [2.05, 4.69) is 13.5 Å². The molecule has 2 aromatic carbocycles. The van der Waals surface area contributed by atoms with Crippen LogP contribution in [0.1, 0.15) is 19.4 Å². The smallest absolute Gasteiger partial charge is 0.264 e. The SMILES string of the molecule is CCOc1cc2c(cc1NS(=O)(=O)c1cccc3nsnc13)O[C@H](C)C2. The van der Waals surface area contributed by atoms with E-state index in [4.69, 9.17) is 9.47 Å². The number of rotatable bonds is 5. The summed E-state index contributed by atoms with van der Waals surface area (Å²) in [6.45, 7) is 4.25. The van der Waals surface area contributed by atoms with Crippen LogP contribution in [-0.4, -0.2) is 29.9 Å². The van der Waals surface area contributed by atoms with Crippen molar-refractivity contribution in [3.8, 4) is 11.5 Å². The molecular formula is C17H17N3O4S2. The van der Waals surface area contributed by atoms with E-state index in [9.17, 15) is 8.42 Å². The van der Waals surface area contributed by atoms with Crippen LogP contribution in [-0.2, 0) is 16.4 Å². The molecule has 3 aromatic rings. The zero-order chi connectivity index (χ0) is 18.3. The lowest BCUT2D eigenvalue weighted by molar-refractivity contribution is 0.254. The molecule has 0 aliphatic carbocycles. The number of hydrogen-bond acceptors (Lipinski definition) is 7. The molecule has 26 heavy (non-hydrogen) atoms. The zero-order valence-corrected chi connectivity index (χ0v) is 15.9. The fourth-order valence-corrected chi connectivity index (χ4v) is 4.82. The van der Waals surface area contributed by atoms with Crippen molar-refractivity contribution in [2.45, 2.75) is 31.3 Å². The number of hydrogen-bond donors (Lipinski definition) is 1. The average Bonchev–Trinajstić information content (AvgIpc) is 3.19. The number of sulfonamides is 1. The molecule has 1 aliphatic heterocycles. The van der Waals surface area contributed by atoms with E-state index in [0.717, 1.165) is 23.7 Å². The Kier molecular flexibility index (Phi) is 4.20. The molecule has 1 aliphatic rings. The molecule has 2 heterocycles. The summed E-state index contributed by atoms with van der Waals surface area (Å²) in [4.78, 5) is 0.0842. The maximum Gasteiger partial charge on any atom is 0.264 e. The largest absolute Gasteiger partial charge is 0.492 e. The second-order valence-corrected chi connectivity index (χ2v) is 8.19. The van der Waals surface area contributed by atoms with Crippen LogP contribution in [0.4, 0.5) is 5.69 Å². The Morgan fingerprint density at radius 2 is 2.19 bits per heavy atom. The summed E-state index contributed by atoms with van der Waals surface area (Å²) in [7, 11) is -3.86. The van der Waals surface area contributed by atoms with Crippen molar-refractivity contribution >= 4 is 38.5 Å². The molecule has 0 saturated heterocycles. The third-order valence-corrected chi connectivity index (χ3v) is 6.02. The maximum absolute atomic E-state index is 13.0. The Morgan fingerprint density at radius 3 is 3.00 bits per heavy atom. The average molecular weight is 391 g/mol. The van der Waals surface area contributed by atoms with Gasteiger partial charge in [-0.1, -0.05) is 6.07 Å². The first-order valence-electron chi connectivity index (χ1n) is 8.18. The maximum atomic E-state index is 13.0. The lowest BCUT2D eigenvalue weighted by Gasteiger charge is -2.14. The molecule has 7 nitrogen and oxygen atoms in total. The van der Waals surface area contributed by atoms with Crippen LogP contribution in [0, 0.1) is 0 Å². The Bertz CT molecular complexity index is 1080. The third kappa shape index (κ3) is 2.97. The van der Waals surface area contributed by atoms with Gasteiger partial charge in [0.2, 0.25) is 0 Å².